The molecule has 0 unspecified atom stereocenters. The normalized spacial score (nSPS) is 55.1. The lowest BCUT2D eigenvalue weighted by Gasteiger charge is -2.71. The van der Waals surface area contributed by atoms with E-state index in [1.54, 1.807) is 0 Å². The van der Waals surface area contributed by atoms with Crippen LogP contribution in [0, 0.1) is 56.7 Å². The van der Waals surface area contributed by atoms with Gasteiger partial charge in [0, 0.05) is 5.41 Å². The number of rotatable bonds is 1. The Morgan fingerprint density at radius 2 is 1.58 bits per heavy atom. The number of ketones is 1. The summed E-state index contributed by atoms with van der Waals surface area (Å²) in [4.78, 5) is 12.8. The molecule has 1 nitrogen and oxygen atoms in total. The summed E-state index contributed by atoms with van der Waals surface area (Å²) in [6.45, 7) is 21.7. The van der Waals surface area contributed by atoms with E-state index in [0.717, 1.165) is 17.8 Å². The Balaban J connectivity index is 1.57. The standard InChI is InChI=1S/C30H46O/c1-19(2)20-11-14-27(5)17-18-29(7)21(25(20)27)9-10-23-28(6)15-13-24(31)26(3,4)22(28)12-16-30(23,29)8/h13,15,20-23,25H,1,9-12,14,16-18H2,2-8H3/t20-,21+,22+,23-,25+,27+,28-,29+,30+/m0/s1. The molecule has 0 N–H and O–H groups in total. The SMILES string of the molecule is C=C(C)[C@@H]1CC[C@]2(C)CC[C@]3(C)[C@H](CC[C@H]4[C@@]5(C)C=CC(=O)C(C)(C)[C@H]5CC[C@]43C)[C@@H]12. The lowest BCUT2D eigenvalue weighted by molar-refractivity contribution is -0.216. The first-order valence-electron chi connectivity index (χ1n) is 13.2. The molecule has 0 amide bonds. The molecule has 0 heterocycles. The molecular formula is C30H46O. The largest absolute Gasteiger partial charge is 0.294 e. The van der Waals surface area contributed by atoms with E-state index in [1.807, 2.05) is 6.08 Å². The van der Waals surface area contributed by atoms with E-state index in [9.17, 15) is 4.79 Å². The van der Waals surface area contributed by atoms with Gasteiger partial charge in [-0.1, -0.05) is 59.8 Å². The van der Waals surface area contributed by atoms with E-state index in [-0.39, 0.29) is 10.8 Å². The summed E-state index contributed by atoms with van der Waals surface area (Å²) >= 11 is 0. The molecule has 0 radical (unpaired) electrons. The van der Waals surface area contributed by atoms with Crippen LogP contribution in [-0.4, -0.2) is 5.78 Å². The molecule has 31 heavy (non-hydrogen) atoms. The highest BCUT2D eigenvalue weighted by Crippen LogP contribution is 2.76. The van der Waals surface area contributed by atoms with E-state index in [4.69, 9.17) is 0 Å². The van der Waals surface area contributed by atoms with E-state index in [1.165, 1.54) is 56.9 Å². The van der Waals surface area contributed by atoms with Crippen LogP contribution in [0.2, 0.25) is 0 Å². The predicted molar refractivity (Wildman–Crippen MR) is 130 cm³/mol. The highest BCUT2D eigenvalue weighted by Gasteiger charge is 2.69. The van der Waals surface area contributed by atoms with E-state index in [2.05, 4.69) is 61.1 Å². The lowest BCUT2D eigenvalue weighted by atomic mass is 9.33. The summed E-state index contributed by atoms with van der Waals surface area (Å²) < 4.78 is 0. The van der Waals surface area contributed by atoms with Gasteiger partial charge < -0.3 is 0 Å². The van der Waals surface area contributed by atoms with Gasteiger partial charge in [-0.25, -0.2) is 0 Å². The molecule has 0 bridgehead atoms. The van der Waals surface area contributed by atoms with Crippen LogP contribution in [0.15, 0.2) is 24.3 Å². The molecule has 0 spiro atoms. The van der Waals surface area contributed by atoms with Gasteiger partial charge in [-0.05, 0) is 116 Å². The molecule has 5 rings (SSSR count). The topological polar surface area (TPSA) is 17.1 Å². The second-order valence-electron chi connectivity index (χ2n) is 14.1. The van der Waals surface area contributed by atoms with E-state index < -0.39 is 0 Å². The van der Waals surface area contributed by atoms with Gasteiger partial charge in [0.1, 0.15) is 0 Å². The Morgan fingerprint density at radius 1 is 0.871 bits per heavy atom. The number of hydrogen-bond acceptors (Lipinski definition) is 1. The number of carbonyl (C=O) groups excluding carboxylic acids is 1. The van der Waals surface area contributed by atoms with Crippen molar-refractivity contribution in [3.63, 3.8) is 0 Å². The van der Waals surface area contributed by atoms with Gasteiger partial charge in [-0.3, -0.25) is 4.79 Å². The molecule has 5 aliphatic rings. The molecule has 4 saturated carbocycles. The summed E-state index contributed by atoms with van der Waals surface area (Å²) in [5.41, 5.74) is 2.68. The first-order valence-corrected chi connectivity index (χ1v) is 13.2. The van der Waals surface area contributed by atoms with Crippen molar-refractivity contribution in [2.45, 2.75) is 99.8 Å². The van der Waals surface area contributed by atoms with Crippen LogP contribution in [0.25, 0.3) is 0 Å². The fourth-order valence-corrected chi connectivity index (χ4v) is 10.8. The number of fused-ring (bicyclic) bond motifs is 7. The van der Waals surface area contributed by atoms with Crippen molar-refractivity contribution in [1.29, 1.82) is 0 Å². The van der Waals surface area contributed by atoms with Crippen LogP contribution in [0.1, 0.15) is 99.8 Å². The van der Waals surface area contributed by atoms with Crippen LogP contribution in [-0.2, 0) is 4.79 Å². The molecule has 0 aromatic carbocycles. The summed E-state index contributed by atoms with van der Waals surface area (Å²) in [5, 5.41) is 0. The number of hydrogen-bond donors (Lipinski definition) is 0. The van der Waals surface area contributed by atoms with Crippen molar-refractivity contribution >= 4 is 5.78 Å². The van der Waals surface area contributed by atoms with Gasteiger partial charge in [-0.15, -0.1) is 0 Å². The molecule has 0 aromatic heterocycles. The third-order valence-electron chi connectivity index (χ3n) is 12.8. The Kier molecular flexibility index (Phi) is 4.52. The predicted octanol–water partition coefficient (Wildman–Crippen LogP) is 8.01. The summed E-state index contributed by atoms with van der Waals surface area (Å²) in [7, 11) is 0. The average molecular weight is 423 g/mol. The van der Waals surface area contributed by atoms with Crippen LogP contribution in [0.5, 0.6) is 0 Å². The molecular weight excluding hydrogens is 376 g/mol. The Morgan fingerprint density at radius 3 is 2.26 bits per heavy atom. The quantitative estimate of drug-likeness (QED) is 0.391. The molecule has 0 aromatic rings. The van der Waals surface area contributed by atoms with Gasteiger partial charge >= 0.3 is 0 Å². The minimum atomic E-state index is -0.218. The minimum Gasteiger partial charge on any atom is -0.294 e. The Bertz CT molecular complexity index is 848. The second-order valence-corrected chi connectivity index (χ2v) is 14.1. The van der Waals surface area contributed by atoms with Gasteiger partial charge in [-0.2, -0.15) is 0 Å². The maximum atomic E-state index is 12.8. The van der Waals surface area contributed by atoms with Crippen LogP contribution in [0.3, 0.4) is 0 Å². The fourth-order valence-electron chi connectivity index (χ4n) is 10.8. The van der Waals surface area contributed by atoms with Crippen LogP contribution in [0.4, 0.5) is 0 Å². The van der Waals surface area contributed by atoms with Crippen molar-refractivity contribution < 1.29 is 4.79 Å². The maximum absolute atomic E-state index is 12.8. The van der Waals surface area contributed by atoms with Crippen LogP contribution >= 0.6 is 0 Å². The average Bonchev–Trinajstić information content (AvgIpc) is 3.04. The first-order chi connectivity index (χ1) is 14.3. The van der Waals surface area contributed by atoms with Gasteiger partial charge in [0.05, 0.1) is 0 Å². The zero-order valence-corrected chi connectivity index (χ0v) is 21.3. The third-order valence-corrected chi connectivity index (χ3v) is 12.8. The smallest absolute Gasteiger partial charge is 0.161 e. The van der Waals surface area contributed by atoms with Gasteiger partial charge in [0.15, 0.2) is 5.78 Å². The summed E-state index contributed by atoms with van der Waals surface area (Å²) in [6, 6.07) is 0. The summed E-state index contributed by atoms with van der Waals surface area (Å²) in [5.74, 6) is 3.91. The molecule has 0 saturated heterocycles. The Hall–Kier alpha value is -0.850. The fraction of sp³-hybridized carbons (Fsp3) is 0.833. The first kappa shape index (κ1) is 22.0. The number of allylic oxidation sites excluding steroid dienone is 3. The zero-order valence-electron chi connectivity index (χ0n) is 21.3. The van der Waals surface area contributed by atoms with Crippen molar-refractivity contribution in [3.8, 4) is 0 Å². The third kappa shape index (κ3) is 2.53. The van der Waals surface area contributed by atoms with Crippen LogP contribution < -0.4 is 0 Å². The van der Waals surface area contributed by atoms with Crippen molar-refractivity contribution in [2.75, 3.05) is 0 Å². The van der Waals surface area contributed by atoms with Crippen molar-refractivity contribution in [2.24, 2.45) is 56.7 Å². The molecule has 5 aliphatic carbocycles. The zero-order chi connectivity index (χ0) is 22.6. The number of carbonyl (C=O) groups is 1. The summed E-state index contributed by atoms with van der Waals surface area (Å²) in [6.07, 6.45) is 15.1. The highest BCUT2D eigenvalue weighted by molar-refractivity contribution is 5.95. The molecule has 4 fully saturated rings. The van der Waals surface area contributed by atoms with E-state index >= 15 is 0 Å². The molecule has 9 atom stereocenters. The minimum absolute atomic E-state index is 0.155. The molecule has 0 aliphatic heterocycles. The molecule has 172 valence electrons. The van der Waals surface area contributed by atoms with Gasteiger partial charge in [0.2, 0.25) is 0 Å². The maximum Gasteiger partial charge on any atom is 0.161 e. The Labute approximate surface area is 191 Å². The van der Waals surface area contributed by atoms with Crippen molar-refractivity contribution in [3.05, 3.63) is 24.3 Å². The molecule has 1 heteroatoms. The lowest BCUT2D eigenvalue weighted by Crippen LogP contribution is -2.65. The van der Waals surface area contributed by atoms with Crippen molar-refractivity contribution in [1.82, 2.24) is 0 Å². The monoisotopic (exact) mass is 422 g/mol. The van der Waals surface area contributed by atoms with Gasteiger partial charge in [0.25, 0.3) is 0 Å². The second kappa shape index (κ2) is 6.38. The van der Waals surface area contributed by atoms with E-state index in [0.29, 0.717) is 33.9 Å². The highest BCUT2D eigenvalue weighted by atomic mass is 16.1.